The van der Waals surface area contributed by atoms with Crippen molar-refractivity contribution in [2.24, 2.45) is 11.8 Å². The van der Waals surface area contributed by atoms with E-state index in [0.717, 1.165) is 59.0 Å². The number of carbonyl (C=O) groups excluding carboxylic acids is 2. The minimum Gasteiger partial charge on any atom is -0.314 e. The molecule has 2 amide bonds. The molecule has 0 bridgehead atoms. The Balaban J connectivity index is 1.38. The first-order chi connectivity index (χ1) is 16.4. The van der Waals surface area contributed by atoms with Crippen molar-refractivity contribution >= 4 is 33.4 Å². The zero-order valence-corrected chi connectivity index (χ0v) is 20.6. The van der Waals surface area contributed by atoms with Crippen molar-refractivity contribution in [3.8, 4) is 11.3 Å². The number of hydrogen-bond donors (Lipinski definition) is 1. The first kappa shape index (κ1) is 21.8. The maximum atomic E-state index is 12.5. The molecule has 4 heterocycles. The first-order valence-electron chi connectivity index (χ1n) is 12.0. The van der Waals surface area contributed by atoms with Crippen LogP contribution in [0.2, 0.25) is 0 Å². The van der Waals surface area contributed by atoms with Crippen LogP contribution in [0.1, 0.15) is 34.9 Å². The molecule has 1 aliphatic carbocycles. The van der Waals surface area contributed by atoms with Crippen LogP contribution in [0.25, 0.3) is 21.5 Å². The molecule has 1 aromatic carbocycles. The summed E-state index contributed by atoms with van der Waals surface area (Å²) in [5, 5.41) is 3.48. The number of nitrogens with zero attached hydrogens (tertiary/aromatic N) is 4. The Bertz CT molecular complexity index is 1300. The van der Waals surface area contributed by atoms with Crippen molar-refractivity contribution in [1.82, 2.24) is 25.1 Å². The number of piperazine rings is 1. The molecule has 2 aliphatic heterocycles. The van der Waals surface area contributed by atoms with Crippen molar-refractivity contribution in [2.45, 2.75) is 46.3 Å². The Labute approximate surface area is 203 Å². The minimum absolute atomic E-state index is 0.0134. The summed E-state index contributed by atoms with van der Waals surface area (Å²) in [6.07, 6.45) is 2.36. The van der Waals surface area contributed by atoms with Crippen LogP contribution in [0.4, 0.5) is 0 Å². The standard InChI is InChI=1S/C26H29N5O2S/c1-14-6-15(2)21(12-30-5-4-27-10-16(30)3)18(7-14)23-24-22(28-13-29-23)8-17(34-24)11-31-25(32)19-9-20(19)26(31)33/h6-8,13,16,19-20,27H,4-5,9-12H2,1-3H3/t16-,19?,20?/m0/s1. The number of aryl methyl sites for hydroxylation is 2. The molecule has 34 heavy (non-hydrogen) atoms. The molecule has 8 heteroatoms. The van der Waals surface area contributed by atoms with Crippen molar-refractivity contribution in [2.75, 3.05) is 19.6 Å². The summed E-state index contributed by atoms with van der Waals surface area (Å²) in [7, 11) is 0. The van der Waals surface area contributed by atoms with Gasteiger partial charge in [0.2, 0.25) is 11.8 Å². The number of thiophene rings is 1. The molecular weight excluding hydrogens is 446 g/mol. The number of carbonyl (C=O) groups is 2. The summed E-state index contributed by atoms with van der Waals surface area (Å²) in [6, 6.07) is 6.97. The van der Waals surface area contributed by atoms with Crippen LogP contribution < -0.4 is 5.32 Å². The van der Waals surface area contributed by atoms with E-state index in [-0.39, 0.29) is 23.7 Å². The molecule has 3 atom stereocenters. The molecule has 2 saturated heterocycles. The monoisotopic (exact) mass is 475 g/mol. The lowest BCUT2D eigenvalue weighted by atomic mass is 9.95. The number of fused-ring (bicyclic) bond motifs is 2. The van der Waals surface area contributed by atoms with Crippen molar-refractivity contribution in [3.05, 3.63) is 46.1 Å². The van der Waals surface area contributed by atoms with Gasteiger partial charge in [0.1, 0.15) is 6.33 Å². The lowest BCUT2D eigenvalue weighted by Gasteiger charge is -2.34. The summed E-state index contributed by atoms with van der Waals surface area (Å²) in [5.41, 5.74) is 6.75. The fourth-order valence-corrected chi connectivity index (χ4v) is 6.58. The Morgan fingerprint density at radius 3 is 2.65 bits per heavy atom. The van der Waals surface area contributed by atoms with Gasteiger partial charge in [-0.2, -0.15) is 0 Å². The van der Waals surface area contributed by atoms with Crippen LogP contribution in [0, 0.1) is 25.7 Å². The Hall–Kier alpha value is -2.68. The van der Waals surface area contributed by atoms with Gasteiger partial charge in [-0.15, -0.1) is 11.3 Å². The third-order valence-corrected chi connectivity index (χ3v) is 8.62. The van der Waals surface area contributed by atoms with Gasteiger partial charge in [-0.25, -0.2) is 9.97 Å². The van der Waals surface area contributed by atoms with Gasteiger partial charge in [0.05, 0.1) is 34.3 Å². The van der Waals surface area contributed by atoms with Gasteiger partial charge in [0.25, 0.3) is 0 Å². The van der Waals surface area contributed by atoms with Crippen LogP contribution in [0.15, 0.2) is 24.5 Å². The van der Waals surface area contributed by atoms with Gasteiger partial charge in [-0.05, 0) is 50.5 Å². The summed E-state index contributed by atoms with van der Waals surface area (Å²) >= 11 is 1.60. The Morgan fingerprint density at radius 1 is 1.09 bits per heavy atom. The summed E-state index contributed by atoms with van der Waals surface area (Å²) < 4.78 is 1.02. The molecule has 2 unspecified atom stereocenters. The molecule has 3 fully saturated rings. The molecule has 3 aromatic rings. The van der Waals surface area contributed by atoms with Crippen molar-refractivity contribution in [3.63, 3.8) is 0 Å². The maximum Gasteiger partial charge on any atom is 0.233 e. The third kappa shape index (κ3) is 3.65. The molecule has 2 aromatic heterocycles. The van der Waals surface area contributed by atoms with E-state index < -0.39 is 0 Å². The van der Waals surface area contributed by atoms with Crippen molar-refractivity contribution in [1.29, 1.82) is 0 Å². The highest BCUT2D eigenvalue weighted by atomic mass is 32.1. The van der Waals surface area contributed by atoms with E-state index >= 15 is 0 Å². The number of benzene rings is 1. The lowest BCUT2D eigenvalue weighted by molar-refractivity contribution is -0.141. The molecule has 3 aliphatic rings. The number of imide groups is 1. The number of amides is 2. The minimum atomic E-state index is -0.0672. The van der Waals surface area contributed by atoms with Gasteiger partial charge in [0, 0.05) is 42.7 Å². The largest absolute Gasteiger partial charge is 0.314 e. The predicted octanol–water partition coefficient (Wildman–Crippen LogP) is 3.27. The molecule has 1 N–H and O–H groups in total. The van der Waals surface area contributed by atoms with E-state index in [2.05, 4.69) is 48.1 Å². The molecule has 0 spiro atoms. The fourth-order valence-electron chi connectivity index (χ4n) is 5.47. The van der Waals surface area contributed by atoms with E-state index in [9.17, 15) is 9.59 Å². The van der Waals surface area contributed by atoms with Crippen LogP contribution in [0.5, 0.6) is 0 Å². The summed E-state index contributed by atoms with van der Waals surface area (Å²) in [5.74, 6) is -0.161. The van der Waals surface area contributed by atoms with Crippen LogP contribution in [-0.4, -0.2) is 57.3 Å². The predicted molar refractivity (Wildman–Crippen MR) is 132 cm³/mol. The van der Waals surface area contributed by atoms with Crippen molar-refractivity contribution < 1.29 is 9.59 Å². The third-order valence-electron chi connectivity index (χ3n) is 7.51. The molecule has 6 rings (SSSR count). The van der Waals surface area contributed by atoms with Crippen LogP contribution in [-0.2, 0) is 22.7 Å². The molecule has 176 valence electrons. The van der Waals surface area contributed by atoms with Crippen LogP contribution in [0.3, 0.4) is 0 Å². The quantitative estimate of drug-likeness (QED) is 0.571. The molecule has 7 nitrogen and oxygen atoms in total. The summed E-state index contributed by atoms with van der Waals surface area (Å²) in [6.45, 7) is 10.8. The average Bonchev–Trinajstić information content (AvgIpc) is 3.45. The van der Waals surface area contributed by atoms with Gasteiger partial charge in [0.15, 0.2) is 0 Å². The van der Waals surface area contributed by atoms with E-state index in [1.54, 1.807) is 17.7 Å². The fraction of sp³-hybridized carbons (Fsp3) is 0.462. The number of nitrogens with one attached hydrogen (secondary N) is 1. The Kier molecular flexibility index (Phi) is 5.28. The van der Waals surface area contributed by atoms with Gasteiger partial charge >= 0.3 is 0 Å². The highest BCUT2D eigenvalue weighted by molar-refractivity contribution is 7.19. The second-order valence-corrected chi connectivity index (χ2v) is 11.1. The van der Waals surface area contributed by atoms with E-state index in [0.29, 0.717) is 12.6 Å². The zero-order valence-electron chi connectivity index (χ0n) is 19.8. The molecular formula is C26H29N5O2S. The lowest BCUT2D eigenvalue weighted by Crippen LogP contribution is -2.49. The van der Waals surface area contributed by atoms with E-state index in [4.69, 9.17) is 4.98 Å². The van der Waals surface area contributed by atoms with Gasteiger partial charge < -0.3 is 5.32 Å². The maximum absolute atomic E-state index is 12.5. The topological polar surface area (TPSA) is 78.4 Å². The molecule has 0 radical (unpaired) electrons. The summed E-state index contributed by atoms with van der Waals surface area (Å²) in [4.78, 5) is 39.2. The number of piperidine rings is 1. The number of aromatic nitrogens is 2. The Morgan fingerprint density at radius 2 is 1.88 bits per heavy atom. The number of rotatable bonds is 5. The SMILES string of the molecule is Cc1cc(C)c(CN2CCNC[C@@H]2C)c(-c2ncnc3cc(CN4C(=O)C5CC5C4=O)sc23)c1. The normalized spacial score (nSPS) is 24.8. The number of likely N-dealkylation sites (tertiary alicyclic amines) is 1. The highest BCUT2D eigenvalue weighted by Crippen LogP contribution is 2.48. The smallest absolute Gasteiger partial charge is 0.233 e. The second kappa shape index (κ2) is 8.22. The second-order valence-electron chi connectivity index (χ2n) is 9.99. The average molecular weight is 476 g/mol. The molecule has 1 saturated carbocycles. The van der Waals surface area contributed by atoms with E-state index in [1.165, 1.54) is 21.6 Å². The highest BCUT2D eigenvalue weighted by Gasteiger charge is 2.58. The zero-order chi connectivity index (χ0) is 23.6. The van der Waals surface area contributed by atoms with Crippen LogP contribution >= 0.6 is 11.3 Å². The first-order valence-corrected chi connectivity index (χ1v) is 12.9. The van der Waals surface area contributed by atoms with Gasteiger partial charge in [-0.3, -0.25) is 19.4 Å². The number of hydrogen-bond acceptors (Lipinski definition) is 7. The van der Waals surface area contributed by atoms with Gasteiger partial charge in [-0.1, -0.05) is 11.6 Å². The van der Waals surface area contributed by atoms with E-state index in [1.807, 2.05) is 6.07 Å².